The van der Waals surface area contributed by atoms with Crippen LogP contribution in [0.4, 0.5) is 4.39 Å². The molecule has 2 heterocycles. The number of aromatic nitrogens is 3. The Balaban J connectivity index is 1.24. The fourth-order valence-electron chi connectivity index (χ4n) is 4.48. The molecule has 0 saturated carbocycles. The van der Waals surface area contributed by atoms with Gasteiger partial charge in [-0.2, -0.15) is 5.10 Å². The Bertz CT molecular complexity index is 1540. The fourth-order valence-corrected chi connectivity index (χ4v) is 5.26. The summed E-state index contributed by atoms with van der Waals surface area (Å²) in [7, 11) is 3.40. The molecule has 0 radical (unpaired) electrons. The predicted molar refractivity (Wildman–Crippen MR) is 154 cm³/mol. The normalized spacial score (nSPS) is 14.6. The zero-order valence-electron chi connectivity index (χ0n) is 22.7. The van der Waals surface area contributed by atoms with E-state index in [1.54, 1.807) is 30.9 Å². The number of amides is 2. The minimum Gasteiger partial charge on any atom is -0.497 e. The molecule has 9 nitrogen and oxygen atoms in total. The van der Waals surface area contributed by atoms with E-state index in [-0.39, 0.29) is 42.4 Å². The van der Waals surface area contributed by atoms with Crippen molar-refractivity contribution < 1.29 is 18.7 Å². The number of hydrazone groups is 1. The molecule has 4 aromatic rings. The van der Waals surface area contributed by atoms with Gasteiger partial charge < -0.3 is 14.6 Å². The summed E-state index contributed by atoms with van der Waals surface area (Å²) in [6.07, 6.45) is 0.768. The molecule has 1 aromatic heterocycles. The number of halogens is 1. The average molecular weight is 573 g/mol. The number of hydrogen-bond donors (Lipinski definition) is 1. The van der Waals surface area contributed by atoms with Crippen LogP contribution in [0, 0.1) is 5.82 Å². The van der Waals surface area contributed by atoms with Gasteiger partial charge in [-0.05, 0) is 53.1 Å². The van der Waals surface area contributed by atoms with Crippen LogP contribution >= 0.6 is 11.8 Å². The maximum Gasteiger partial charge on any atom is 0.253 e. The van der Waals surface area contributed by atoms with Crippen molar-refractivity contribution >= 4 is 29.3 Å². The zero-order valence-corrected chi connectivity index (χ0v) is 23.5. The van der Waals surface area contributed by atoms with Gasteiger partial charge in [-0.1, -0.05) is 54.2 Å². The van der Waals surface area contributed by atoms with E-state index in [4.69, 9.17) is 4.74 Å². The number of thioether (sulfide) groups is 1. The quantitative estimate of drug-likeness (QED) is 0.285. The Morgan fingerprint density at radius 1 is 1.02 bits per heavy atom. The molecule has 0 aliphatic carbocycles. The van der Waals surface area contributed by atoms with Crippen LogP contribution in [0.2, 0.25) is 0 Å². The van der Waals surface area contributed by atoms with Gasteiger partial charge >= 0.3 is 0 Å². The molecule has 2 amide bonds. The molecule has 0 fully saturated rings. The molecule has 1 atom stereocenters. The highest BCUT2D eigenvalue weighted by molar-refractivity contribution is 7.99. The molecule has 0 unspecified atom stereocenters. The van der Waals surface area contributed by atoms with E-state index < -0.39 is 0 Å². The maximum absolute atomic E-state index is 13.6. The summed E-state index contributed by atoms with van der Waals surface area (Å²) in [4.78, 5) is 25.8. The van der Waals surface area contributed by atoms with Crippen LogP contribution in [0.5, 0.6) is 5.75 Å². The van der Waals surface area contributed by atoms with Crippen LogP contribution in [-0.2, 0) is 29.6 Å². The van der Waals surface area contributed by atoms with Crippen molar-refractivity contribution in [1.29, 1.82) is 0 Å². The summed E-state index contributed by atoms with van der Waals surface area (Å²) >= 11 is 1.24. The first kappa shape index (κ1) is 28.0. The molecule has 5 rings (SSSR count). The summed E-state index contributed by atoms with van der Waals surface area (Å²) in [5, 5.41) is 18.0. The van der Waals surface area contributed by atoms with Crippen molar-refractivity contribution in [2.45, 2.75) is 30.6 Å². The van der Waals surface area contributed by atoms with Crippen LogP contribution in [0.25, 0.3) is 0 Å². The van der Waals surface area contributed by atoms with E-state index in [0.29, 0.717) is 17.4 Å². The largest absolute Gasteiger partial charge is 0.497 e. The van der Waals surface area contributed by atoms with Crippen molar-refractivity contribution in [3.8, 4) is 5.75 Å². The Labute approximate surface area is 241 Å². The Morgan fingerprint density at radius 2 is 1.76 bits per heavy atom. The molecule has 210 valence electrons. The zero-order chi connectivity index (χ0) is 28.8. The standard InChI is InChI=1S/C30H29FN6O3S/c1-36-27(18-32-28(38)16-20-6-4-3-5-7-20)33-34-30(36)41-19-29(39)37-26(22-8-12-23(31)13-9-22)17-25(35-37)21-10-14-24(40-2)15-11-21/h3-15,26H,16-19H2,1-2H3,(H,32,38)/t26-/m0/s1. The highest BCUT2D eigenvalue weighted by Gasteiger charge is 2.33. The Morgan fingerprint density at radius 3 is 2.46 bits per heavy atom. The number of hydrogen-bond acceptors (Lipinski definition) is 7. The lowest BCUT2D eigenvalue weighted by atomic mass is 9.98. The molecule has 0 bridgehead atoms. The second kappa shape index (κ2) is 12.8. The Kier molecular flexibility index (Phi) is 8.73. The number of methoxy groups -OCH3 is 1. The minimum absolute atomic E-state index is 0.0728. The minimum atomic E-state index is -0.365. The van der Waals surface area contributed by atoms with Gasteiger partial charge in [-0.25, -0.2) is 9.40 Å². The van der Waals surface area contributed by atoms with E-state index >= 15 is 0 Å². The number of rotatable bonds is 10. The molecule has 1 aliphatic heterocycles. The highest BCUT2D eigenvalue weighted by Crippen LogP contribution is 2.34. The smallest absolute Gasteiger partial charge is 0.253 e. The van der Waals surface area contributed by atoms with Gasteiger partial charge in [0.25, 0.3) is 5.91 Å². The van der Waals surface area contributed by atoms with Crippen molar-refractivity contribution in [2.24, 2.45) is 12.1 Å². The number of ether oxygens (including phenoxy) is 1. The number of nitrogens with one attached hydrogen (secondary N) is 1. The van der Waals surface area contributed by atoms with E-state index in [2.05, 4.69) is 20.6 Å². The molecule has 11 heteroatoms. The van der Waals surface area contributed by atoms with Crippen LogP contribution in [-0.4, -0.2) is 50.2 Å². The number of nitrogens with zero attached hydrogens (tertiary/aromatic N) is 5. The van der Waals surface area contributed by atoms with Crippen molar-refractivity contribution in [2.75, 3.05) is 12.9 Å². The molecule has 1 N–H and O–H groups in total. The second-order valence-corrected chi connectivity index (χ2v) is 10.4. The SMILES string of the molecule is COc1ccc(C2=NN(C(=O)CSc3nnc(CNC(=O)Cc4ccccc4)n3C)[C@H](c3ccc(F)cc3)C2)cc1. The maximum atomic E-state index is 13.6. The number of carbonyl (C=O) groups excluding carboxylic acids is 2. The molecular weight excluding hydrogens is 543 g/mol. The van der Waals surface area contributed by atoms with Crippen LogP contribution in [0.1, 0.15) is 35.0 Å². The van der Waals surface area contributed by atoms with Crippen LogP contribution in [0.3, 0.4) is 0 Å². The third-order valence-electron chi connectivity index (χ3n) is 6.74. The molecule has 0 spiro atoms. The summed E-state index contributed by atoms with van der Waals surface area (Å²) in [5.74, 6) is 0.704. The lowest BCUT2D eigenvalue weighted by Gasteiger charge is -2.22. The summed E-state index contributed by atoms with van der Waals surface area (Å²) in [5.41, 5.74) is 3.36. The van der Waals surface area contributed by atoms with Crippen molar-refractivity contribution in [1.82, 2.24) is 25.1 Å². The number of benzene rings is 3. The monoisotopic (exact) mass is 572 g/mol. The second-order valence-electron chi connectivity index (χ2n) is 9.47. The Hall–Kier alpha value is -4.51. The third-order valence-corrected chi connectivity index (χ3v) is 7.75. The molecule has 1 aliphatic rings. The number of carbonyl (C=O) groups is 2. The summed E-state index contributed by atoms with van der Waals surface area (Å²) < 4.78 is 20.6. The summed E-state index contributed by atoms with van der Waals surface area (Å²) in [6, 6.07) is 22.8. The van der Waals surface area contributed by atoms with E-state index in [0.717, 1.165) is 28.2 Å². The topological polar surface area (TPSA) is 102 Å². The first-order valence-corrected chi connectivity index (χ1v) is 14.0. The van der Waals surface area contributed by atoms with E-state index in [1.165, 1.54) is 28.9 Å². The van der Waals surface area contributed by atoms with Crippen molar-refractivity contribution in [3.05, 3.63) is 107 Å². The van der Waals surface area contributed by atoms with Gasteiger partial charge in [0.2, 0.25) is 5.91 Å². The fraction of sp³-hybridized carbons (Fsp3) is 0.233. The average Bonchev–Trinajstić information content (AvgIpc) is 3.60. The van der Waals surface area contributed by atoms with Gasteiger partial charge in [0.05, 0.1) is 37.6 Å². The van der Waals surface area contributed by atoms with Gasteiger partial charge in [0.1, 0.15) is 11.6 Å². The molecular formula is C30H29FN6O3S. The lowest BCUT2D eigenvalue weighted by molar-refractivity contribution is -0.130. The highest BCUT2D eigenvalue weighted by atomic mass is 32.2. The van der Waals surface area contributed by atoms with E-state index in [9.17, 15) is 14.0 Å². The van der Waals surface area contributed by atoms with E-state index in [1.807, 2.05) is 54.6 Å². The lowest BCUT2D eigenvalue weighted by Crippen LogP contribution is -2.28. The van der Waals surface area contributed by atoms with Gasteiger partial charge in [-0.3, -0.25) is 9.59 Å². The van der Waals surface area contributed by atoms with Crippen molar-refractivity contribution in [3.63, 3.8) is 0 Å². The van der Waals surface area contributed by atoms with Gasteiger partial charge in [-0.15, -0.1) is 10.2 Å². The predicted octanol–water partition coefficient (Wildman–Crippen LogP) is 4.29. The van der Waals surface area contributed by atoms with Crippen LogP contribution in [0.15, 0.2) is 89.1 Å². The van der Waals surface area contributed by atoms with Crippen LogP contribution < -0.4 is 10.1 Å². The molecule has 3 aromatic carbocycles. The van der Waals surface area contributed by atoms with Gasteiger partial charge in [0.15, 0.2) is 11.0 Å². The third kappa shape index (κ3) is 6.80. The molecule has 41 heavy (non-hydrogen) atoms. The first-order valence-electron chi connectivity index (χ1n) is 13.0. The summed E-state index contributed by atoms with van der Waals surface area (Å²) in [6.45, 7) is 0.220. The van der Waals surface area contributed by atoms with Gasteiger partial charge in [0, 0.05) is 13.5 Å². The molecule has 0 saturated heterocycles. The first-order chi connectivity index (χ1) is 19.9.